The van der Waals surface area contributed by atoms with E-state index in [1.54, 1.807) is 0 Å². The number of halogens is 1. The van der Waals surface area contributed by atoms with E-state index < -0.39 is 0 Å². The van der Waals surface area contributed by atoms with Crippen molar-refractivity contribution in [1.29, 1.82) is 0 Å². The predicted molar refractivity (Wildman–Crippen MR) is 70.6 cm³/mol. The van der Waals surface area contributed by atoms with Crippen molar-refractivity contribution < 1.29 is 14.2 Å². The lowest BCUT2D eigenvalue weighted by Crippen LogP contribution is -2.43. The van der Waals surface area contributed by atoms with Crippen LogP contribution in [0.5, 0.6) is 0 Å². The third-order valence-corrected chi connectivity index (χ3v) is 3.45. The molecule has 1 aliphatic heterocycles. The number of hydrogen-bond acceptors (Lipinski definition) is 3. The minimum atomic E-state index is -0.0971. The molecule has 1 aliphatic rings. The molecule has 0 N–H and O–H groups in total. The standard InChI is InChI=1S/C14H19ClO3/c1-3-14-17-9-13(10(2)18-14)16-8-11-6-4-5-7-12(11)15/h4-7,10,13-14H,3,8-9H2,1-2H3/t10-,13-,14+/m1/s1. The van der Waals surface area contributed by atoms with Gasteiger partial charge in [0.2, 0.25) is 0 Å². The van der Waals surface area contributed by atoms with Gasteiger partial charge in [-0.1, -0.05) is 36.7 Å². The maximum atomic E-state index is 6.08. The molecular formula is C14H19ClO3. The van der Waals surface area contributed by atoms with E-state index in [2.05, 4.69) is 0 Å². The molecule has 3 atom stereocenters. The van der Waals surface area contributed by atoms with Crippen LogP contribution in [-0.2, 0) is 20.8 Å². The molecule has 3 nitrogen and oxygen atoms in total. The fourth-order valence-electron chi connectivity index (χ4n) is 1.91. The van der Waals surface area contributed by atoms with Crippen LogP contribution in [0.25, 0.3) is 0 Å². The first-order valence-electron chi connectivity index (χ1n) is 6.32. The Morgan fingerprint density at radius 1 is 1.39 bits per heavy atom. The van der Waals surface area contributed by atoms with E-state index in [0.29, 0.717) is 13.2 Å². The molecule has 1 saturated heterocycles. The quantitative estimate of drug-likeness (QED) is 0.839. The summed E-state index contributed by atoms with van der Waals surface area (Å²) in [6, 6.07) is 7.69. The molecular weight excluding hydrogens is 252 g/mol. The van der Waals surface area contributed by atoms with Crippen LogP contribution in [0, 0.1) is 0 Å². The van der Waals surface area contributed by atoms with E-state index in [4.69, 9.17) is 25.8 Å². The van der Waals surface area contributed by atoms with Gasteiger partial charge in [-0.3, -0.25) is 0 Å². The molecule has 0 radical (unpaired) electrons. The van der Waals surface area contributed by atoms with Crippen LogP contribution in [0.1, 0.15) is 25.8 Å². The fourth-order valence-corrected chi connectivity index (χ4v) is 2.10. The summed E-state index contributed by atoms with van der Waals surface area (Å²) < 4.78 is 17.1. The van der Waals surface area contributed by atoms with Crippen molar-refractivity contribution in [3.8, 4) is 0 Å². The van der Waals surface area contributed by atoms with E-state index in [0.717, 1.165) is 17.0 Å². The maximum Gasteiger partial charge on any atom is 0.157 e. The monoisotopic (exact) mass is 270 g/mol. The minimum absolute atomic E-state index is 0.0379. The van der Waals surface area contributed by atoms with Gasteiger partial charge in [-0.25, -0.2) is 0 Å². The summed E-state index contributed by atoms with van der Waals surface area (Å²) >= 11 is 6.08. The molecule has 100 valence electrons. The Morgan fingerprint density at radius 3 is 2.83 bits per heavy atom. The highest BCUT2D eigenvalue weighted by atomic mass is 35.5. The SMILES string of the molecule is CC[C@H]1OC[C@@H](OCc2ccccc2Cl)[C@@H](C)O1. The average Bonchev–Trinajstić information content (AvgIpc) is 2.39. The molecule has 4 heteroatoms. The second-order valence-corrected chi connectivity index (χ2v) is 4.86. The van der Waals surface area contributed by atoms with Crippen molar-refractivity contribution in [3.05, 3.63) is 34.9 Å². The topological polar surface area (TPSA) is 27.7 Å². The summed E-state index contributed by atoms with van der Waals surface area (Å²) in [5, 5.41) is 0.731. The van der Waals surface area contributed by atoms with Crippen LogP contribution >= 0.6 is 11.6 Å². The van der Waals surface area contributed by atoms with E-state index in [-0.39, 0.29) is 18.5 Å². The molecule has 1 heterocycles. The van der Waals surface area contributed by atoms with Gasteiger partial charge in [0, 0.05) is 5.02 Å². The average molecular weight is 271 g/mol. The first-order valence-corrected chi connectivity index (χ1v) is 6.70. The molecule has 2 rings (SSSR count). The summed E-state index contributed by atoms with van der Waals surface area (Å²) in [5.41, 5.74) is 0.990. The highest BCUT2D eigenvalue weighted by Gasteiger charge is 2.28. The molecule has 0 bridgehead atoms. The smallest absolute Gasteiger partial charge is 0.157 e. The van der Waals surface area contributed by atoms with Crippen molar-refractivity contribution in [1.82, 2.24) is 0 Å². The second kappa shape index (κ2) is 6.53. The zero-order valence-corrected chi connectivity index (χ0v) is 11.5. The highest BCUT2D eigenvalue weighted by molar-refractivity contribution is 6.31. The van der Waals surface area contributed by atoms with Crippen molar-refractivity contribution >= 4 is 11.6 Å². The van der Waals surface area contributed by atoms with Gasteiger partial charge in [-0.05, 0) is 25.0 Å². The van der Waals surface area contributed by atoms with Crippen LogP contribution in [-0.4, -0.2) is 25.1 Å². The van der Waals surface area contributed by atoms with Crippen molar-refractivity contribution in [2.45, 2.75) is 45.4 Å². The molecule has 0 unspecified atom stereocenters. The zero-order chi connectivity index (χ0) is 13.0. The van der Waals surface area contributed by atoms with Crippen molar-refractivity contribution in [3.63, 3.8) is 0 Å². The molecule has 18 heavy (non-hydrogen) atoms. The van der Waals surface area contributed by atoms with Gasteiger partial charge >= 0.3 is 0 Å². The first kappa shape index (κ1) is 13.8. The highest BCUT2D eigenvalue weighted by Crippen LogP contribution is 2.21. The molecule has 1 fully saturated rings. The summed E-state index contributed by atoms with van der Waals surface area (Å²) in [4.78, 5) is 0. The van der Waals surface area contributed by atoms with Gasteiger partial charge in [0.15, 0.2) is 6.29 Å². The molecule has 0 aliphatic carbocycles. The van der Waals surface area contributed by atoms with Gasteiger partial charge in [0.1, 0.15) is 6.10 Å². The summed E-state index contributed by atoms with van der Waals surface area (Å²) in [5.74, 6) is 0. The van der Waals surface area contributed by atoms with E-state index in [1.807, 2.05) is 38.1 Å². The first-order chi connectivity index (χ1) is 8.70. The van der Waals surface area contributed by atoms with Crippen molar-refractivity contribution in [2.75, 3.05) is 6.61 Å². The Labute approximate surface area is 113 Å². The van der Waals surface area contributed by atoms with Crippen LogP contribution in [0.3, 0.4) is 0 Å². The molecule has 1 aromatic rings. The number of benzene rings is 1. The molecule has 0 aromatic heterocycles. The number of hydrogen-bond donors (Lipinski definition) is 0. The Morgan fingerprint density at radius 2 is 2.17 bits per heavy atom. The summed E-state index contributed by atoms with van der Waals surface area (Å²) in [6.45, 7) is 5.12. The van der Waals surface area contributed by atoms with Crippen molar-refractivity contribution in [2.24, 2.45) is 0 Å². The van der Waals surface area contributed by atoms with Crippen LogP contribution in [0.4, 0.5) is 0 Å². The van der Waals surface area contributed by atoms with E-state index in [1.165, 1.54) is 0 Å². The predicted octanol–water partition coefficient (Wildman–Crippen LogP) is 3.40. The lowest BCUT2D eigenvalue weighted by molar-refractivity contribution is -0.258. The van der Waals surface area contributed by atoms with E-state index in [9.17, 15) is 0 Å². The van der Waals surface area contributed by atoms with Gasteiger partial charge in [-0.2, -0.15) is 0 Å². The number of ether oxygens (including phenoxy) is 3. The Balaban J connectivity index is 1.86. The zero-order valence-electron chi connectivity index (χ0n) is 10.8. The Hall–Kier alpha value is -0.610. The fraction of sp³-hybridized carbons (Fsp3) is 0.571. The summed E-state index contributed by atoms with van der Waals surface area (Å²) in [6.07, 6.45) is 0.775. The van der Waals surface area contributed by atoms with Crippen LogP contribution in [0.2, 0.25) is 5.02 Å². The Bertz CT molecular complexity index is 383. The van der Waals surface area contributed by atoms with Gasteiger partial charge in [-0.15, -0.1) is 0 Å². The normalized spacial score (nSPS) is 28.3. The Kier molecular flexibility index (Phi) is 5.01. The van der Waals surface area contributed by atoms with Crippen LogP contribution < -0.4 is 0 Å². The molecule has 0 saturated carbocycles. The van der Waals surface area contributed by atoms with Gasteiger partial charge in [0.05, 0.1) is 19.3 Å². The third-order valence-electron chi connectivity index (χ3n) is 3.08. The van der Waals surface area contributed by atoms with Gasteiger partial charge < -0.3 is 14.2 Å². The molecule has 1 aromatic carbocycles. The molecule has 0 amide bonds. The lowest BCUT2D eigenvalue weighted by Gasteiger charge is -2.34. The van der Waals surface area contributed by atoms with Gasteiger partial charge in [0.25, 0.3) is 0 Å². The van der Waals surface area contributed by atoms with E-state index >= 15 is 0 Å². The lowest BCUT2D eigenvalue weighted by atomic mass is 10.2. The minimum Gasteiger partial charge on any atom is -0.368 e. The van der Waals surface area contributed by atoms with Crippen LogP contribution in [0.15, 0.2) is 24.3 Å². The number of rotatable bonds is 4. The largest absolute Gasteiger partial charge is 0.368 e. The maximum absolute atomic E-state index is 6.08. The second-order valence-electron chi connectivity index (χ2n) is 4.45. The molecule has 0 spiro atoms. The summed E-state index contributed by atoms with van der Waals surface area (Å²) in [7, 11) is 0. The third kappa shape index (κ3) is 3.45.